The van der Waals surface area contributed by atoms with E-state index in [9.17, 15) is 4.79 Å². The van der Waals surface area contributed by atoms with Gasteiger partial charge in [0.15, 0.2) is 0 Å². The third kappa shape index (κ3) is 2.42. The molecule has 4 heterocycles. The second kappa shape index (κ2) is 5.81. The van der Waals surface area contributed by atoms with Crippen molar-refractivity contribution in [2.24, 2.45) is 0 Å². The van der Waals surface area contributed by atoms with Gasteiger partial charge in [0.1, 0.15) is 0 Å². The Bertz CT molecular complexity index is 805. The first-order chi connectivity index (χ1) is 10.7. The molecule has 0 aromatic carbocycles. The van der Waals surface area contributed by atoms with Crippen molar-refractivity contribution in [3.05, 3.63) is 65.6 Å². The van der Waals surface area contributed by atoms with E-state index in [0.29, 0.717) is 9.21 Å². The minimum Gasteiger partial charge on any atom is -0.326 e. The molecular weight excluding hydrogens is 354 g/mol. The van der Waals surface area contributed by atoms with Crippen LogP contribution in [0.2, 0.25) is 4.34 Å². The molecule has 0 aliphatic carbocycles. The van der Waals surface area contributed by atoms with Crippen molar-refractivity contribution < 1.29 is 4.79 Å². The molecule has 1 atom stereocenters. The van der Waals surface area contributed by atoms with Gasteiger partial charge < -0.3 is 4.90 Å². The van der Waals surface area contributed by atoms with Crippen LogP contribution < -0.4 is 0 Å². The van der Waals surface area contributed by atoms with Crippen molar-refractivity contribution in [1.82, 2.24) is 4.90 Å². The highest BCUT2D eigenvalue weighted by atomic mass is 35.5. The minimum atomic E-state index is 0.0309. The normalized spacial score (nSPS) is 17.5. The predicted octanol–water partition coefficient (Wildman–Crippen LogP) is 5.31. The number of carbonyl (C=O) groups excluding carboxylic acids is 1. The summed E-state index contributed by atoms with van der Waals surface area (Å²) < 4.78 is 0.657. The molecule has 6 heteroatoms. The second-order valence-electron chi connectivity index (χ2n) is 5.07. The summed E-state index contributed by atoms with van der Waals surface area (Å²) in [7, 11) is 0. The Labute approximate surface area is 145 Å². The van der Waals surface area contributed by atoms with Gasteiger partial charge in [0.2, 0.25) is 0 Å². The molecule has 3 aromatic heterocycles. The summed E-state index contributed by atoms with van der Waals surface area (Å²) in [5, 5.41) is 4.20. The second-order valence-corrected chi connectivity index (χ2v) is 8.76. The van der Waals surface area contributed by atoms with Crippen molar-refractivity contribution in [2.75, 3.05) is 6.54 Å². The van der Waals surface area contributed by atoms with Gasteiger partial charge in [0, 0.05) is 16.3 Å². The molecular formula is C16H12ClNOS3. The number of halogens is 1. The molecule has 3 aromatic rings. The van der Waals surface area contributed by atoms with Gasteiger partial charge in [-0.05, 0) is 47.0 Å². The molecule has 0 unspecified atom stereocenters. The lowest BCUT2D eigenvalue weighted by atomic mass is 9.98. The number of nitrogens with zero attached hydrogens (tertiary/aromatic N) is 1. The first kappa shape index (κ1) is 14.5. The minimum absolute atomic E-state index is 0.0309. The Balaban J connectivity index is 1.76. The fourth-order valence-corrected chi connectivity index (χ4v) is 5.62. The third-order valence-corrected chi connectivity index (χ3v) is 6.96. The summed E-state index contributed by atoms with van der Waals surface area (Å²) in [6.07, 6.45) is 0.930. The molecule has 22 heavy (non-hydrogen) atoms. The summed E-state index contributed by atoms with van der Waals surface area (Å²) in [6, 6.07) is 9.97. The SMILES string of the molecule is O=C(c1ccc(Cl)s1)N1CCc2sccc2[C@H]1c1cccs1. The highest BCUT2D eigenvalue weighted by Gasteiger charge is 2.34. The van der Waals surface area contributed by atoms with Crippen LogP contribution in [0.1, 0.15) is 31.0 Å². The largest absolute Gasteiger partial charge is 0.326 e. The van der Waals surface area contributed by atoms with Crippen LogP contribution in [0.5, 0.6) is 0 Å². The van der Waals surface area contributed by atoms with Crippen LogP contribution in [-0.2, 0) is 6.42 Å². The maximum Gasteiger partial charge on any atom is 0.264 e. The Morgan fingerprint density at radius 2 is 2.09 bits per heavy atom. The zero-order chi connectivity index (χ0) is 15.1. The van der Waals surface area contributed by atoms with Crippen LogP contribution in [0, 0.1) is 0 Å². The fourth-order valence-electron chi connectivity index (χ4n) is 2.86. The van der Waals surface area contributed by atoms with Gasteiger partial charge in [0.25, 0.3) is 5.91 Å². The highest BCUT2D eigenvalue weighted by Crippen LogP contribution is 2.40. The van der Waals surface area contributed by atoms with Crippen molar-refractivity contribution in [3.8, 4) is 0 Å². The maximum absolute atomic E-state index is 12.9. The maximum atomic E-state index is 12.9. The van der Waals surface area contributed by atoms with Gasteiger partial charge in [-0.1, -0.05) is 17.7 Å². The van der Waals surface area contributed by atoms with E-state index >= 15 is 0 Å². The molecule has 1 amide bonds. The molecule has 0 N–H and O–H groups in total. The average Bonchev–Trinajstić information content (AvgIpc) is 3.26. The average molecular weight is 366 g/mol. The van der Waals surface area contributed by atoms with Crippen LogP contribution >= 0.6 is 45.6 Å². The lowest BCUT2D eigenvalue weighted by Crippen LogP contribution is -2.39. The van der Waals surface area contributed by atoms with Crippen molar-refractivity contribution in [1.29, 1.82) is 0 Å². The smallest absolute Gasteiger partial charge is 0.264 e. The van der Waals surface area contributed by atoms with Gasteiger partial charge in [-0.25, -0.2) is 0 Å². The summed E-state index contributed by atoms with van der Waals surface area (Å²) in [5.74, 6) is 0.0761. The quantitative estimate of drug-likeness (QED) is 0.602. The van der Waals surface area contributed by atoms with Gasteiger partial charge in [-0.3, -0.25) is 4.79 Å². The molecule has 2 nitrogen and oxygen atoms in total. The van der Waals surface area contributed by atoms with E-state index in [0.717, 1.165) is 13.0 Å². The van der Waals surface area contributed by atoms with Gasteiger partial charge in [-0.2, -0.15) is 0 Å². The summed E-state index contributed by atoms with van der Waals surface area (Å²) >= 11 is 10.8. The van der Waals surface area contributed by atoms with E-state index in [2.05, 4.69) is 22.9 Å². The molecule has 112 valence electrons. The molecule has 0 spiro atoms. The van der Waals surface area contributed by atoms with E-state index in [1.54, 1.807) is 28.7 Å². The molecule has 0 saturated carbocycles. The van der Waals surface area contributed by atoms with Gasteiger partial charge >= 0.3 is 0 Å². The predicted molar refractivity (Wildman–Crippen MR) is 94.6 cm³/mol. The number of hydrogen-bond acceptors (Lipinski definition) is 4. The number of carbonyl (C=O) groups is 1. The molecule has 0 bridgehead atoms. The molecule has 4 rings (SSSR count). The molecule has 0 saturated heterocycles. The van der Waals surface area contributed by atoms with Crippen LogP contribution in [0.3, 0.4) is 0 Å². The summed E-state index contributed by atoms with van der Waals surface area (Å²) in [5.41, 5.74) is 1.27. The van der Waals surface area contributed by atoms with E-state index in [-0.39, 0.29) is 11.9 Å². The topological polar surface area (TPSA) is 20.3 Å². The monoisotopic (exact) mass is 365 g/mol. The lowest BCUT2D eigenvalue weighted by molar-refractivity contribution is 0.0704. The Hall–Kier alpha value is -1.14. The van der Waals surface area contributed by atoms with Crippen LogP contribution in [0.15, 0.2) is 41.1 Å². The number of rotatable bonds is 2. The zero-order valence-electron chi connectivity index (χ0n) is 11.5. The standard InChI is InChI=1S/C16H12ClNOS3/c17-14-4-3-13(22-14)16(19)18-7-5-11-10(6-9-21-11)15(18)12-2-1-8-20-12/h1-4,6,8-9,15H,5,7H2/t15-/m0/s1. The third-order valence-electron chi connectivity index (χ3n) is 3.82. The zero-order valence-corrected chi connectivity index (χ0v) is 14.7. The Morgan fingerprint density at radius 3 is 2.82 bits per heavy atom. The van der Waals surface area contributed by atoms with Crippen LogP contribution in [0.4, 0.5) is 0 Å². The number of amides is 1. The number of thiophene rings is 3. The van der Waals surface area contributed by atoms with Crippen molar-refractivity contribution in [3.63, 3.8) is 0 Å². The molecule has 0 fully saturated rings. The first-order valence-electron chi connectivity index (χ1n) is 6.90. The number of hydrogen-bond donors (Lipinski definition) is 0. The van der Waals surface area contributed by atoms with E-state index in [1.165, 1.54) is 26.7 Å². The molecule has 1 aliphatic rings. The summed E-state index contributed by atoms with van der Waals surface area (Å²) in [4.78, 5) is 18.3. The van der Waals surface area contributed by atoms with Crippen LogP contribution in [0.25, 0.3) is 0 Å². The Kier molecular flexibility index (Phi) is 3.82. The first-order valence-corrected chi connectivity index (χ1v) is 9.85. The van der Waals surface area contributed by atoms with Crippen molar-refractivity contribution >= 4 is 51.5 Å². The Morgan fingerprint density at radius 1 is 1.18 bits per heavy atom. The van der Waals surface area contributed by atoms with E-state index < -0.39 is 0 Å². The van der Waals surface area contributed by atoms with Crippen LogP contribution in [-0.4, -0.2) is 17.4 Å². The van der Waals surface area contributed by atoms with Crippen molar-refractivity contribution in [2.45, 2.75) is 12.5 Å². The molecule has 1 aliphatic heterocycles. The summed E-state index contributed by atoms with van der Waals surface area (Å²) in [6.45, 7) is 0.754. The van der Waals surface area contributed by atoms with Gasteiger partial charge in [0.05, 0.1) is 15.3 Å². The molecule has 0 radical (unpaired) electrons. The van der Waals surface area contributed by atoms with Gasteiger partial charge in [-0.15, -0.1) is 34.0 Å². The van der Waals surface area contributed by atoms with E-state index in [4.69, 9.17) is 11.6 Å². The highest BCUT2D eigenvalue weighted by molar-refractivity contribution is 7.18. The number of fused-ring (bicyclic) bond motifs is 1. The fraction of sp³-hybridized carbons (Fsp3) is 0.188. The van der Waals surface area contributed by atoms with E-state index in [1.807, 2.05) is 17.0 Å². The lowest BCUT2D eigenvalue weighted by Gasteiger charge is -2.35.